The second kappa shape index (κ2) is 9.99. The van der Waals surface area contributed by atoms with E-state index in [0.29, 0.717) is 11.3 Å². The molecule has 0 aromatic heterocycles. The monoisotopic (exact) mass is 506 g/mol. The first-order valence-corrected chi connectivity index (χ1v) is 11.8. The molecule has 20 heavy (non-hydrogen) atoms. The van der Waals surface area contributed by atoms with Crippen molar-refractivity contribution in [2.75, 3.05) is 0 Å². The van der Waals surface area contributed by atoms with E-state index in [4.69, 9.17) is 44.4 Å². The van der Waals surface area contributed by atoms with Gasteiger partial charge in [0.2, 0.25) is 0 Å². The Bertz CT molecular complexity index is 301. The predicted octanol–water partition coefficient (Wildman–Crippen LogP) is 3.74. The maximum atomic E-state index is 9.10. The van der Waals surface area contributed by atoms with Gasteiger partial charge in [0, 0.05) is 0 Å². The Morgan fingerprint density at radius 3 is 1.80 bits per heavy atom. The van der Waals surface area contributed by atoms with Crippen molar-refractivity contribution in [1.29, 1.82) is 0 Å². The number of carbonyl (C=O) groups is 2. The molecule has 0 heterocycles. The molecular weight excluding hydrogens is 488 g/mol. The molecule has 3 N–H and O–H groups in total. The third kappa shape index (κ3) is 5.88. The number of hydrogen-bond acceptors (Lipinski definition) is 2. The van der Waals surface area contributed by atoms with E-state index in [1.165, 1.54) is 32.1 Å². The Hall–Kier alpha value is 0.168. The fourth-order valence-electron chi connectivity index (χ4n) is 3.05. The van der Waals surface area contributed by atoms with Gasteiger partial charge in [0.25, 0.3) is 0 Å². The number of rotatable bonds is 0. The molecule has 2 aliphatic rings. The van der Waals surface area contributed by atoms with E-state index in [2.05, 4.69) is 6.92 Å². The molecule has 2 saturated carbocycles. The van der Waals surface area contributed by atoms with Crippen LogP contribution in [0.5, 0.6) is 0 Å². The van der Waals surface area contributed by atoms with Crippen molar-refractivity contribution in [1.82, 2.24) is 0 Å². The van der Waals surface area contributed by atoms with Gasteiger partial charge in [-0.1, -0.05) is 43.9 Å². The molecule has 120 valence electrons. The molecule has 0 radical (unpaired) electrons. The van der Waals surface area contributed by atoms with Crippen LogP contribution in [-0.2, 0) is 26.1 Å². The summed E-state index contributed by atoms with van der Waals surface area (Å²) in [5.74, 6) is -3.06. The molecule has 0 amide bonds. The number of carboxylic acid groups (broad SMARTS) is 2. The van der Waals surface area contributed by atoms with Crippen LogP contribution in [0.1, 0.15) is 38.5 Å². The first-order valence-electron chi connectivity index (χ1n) is 6.14. The average molecular weight is 507 g/mol. The van der Waals surface area contributed by atoms with Gasteiger partial charge >= 0.3 is 47.3 Å². The summed E-state index contributed by atoms with van der Waals surface area (Å²) in [6.07, 6.45) is 7.58. The van der Waals surface area contributed by atoms with Crippen molar-refractivity contribution in [3.05, 3.63) is 12.7 Å². The van der Waals surface area contributed by atoms with Gasteiger partial charge in [0.05, 0.1) is 0 Å². The van der Waals surface area contributed by atoms with Gasteiger partial charge in [-0.25, -0.2) is 9.59 Å². The first-order chi connectivity index (χ1) is 9.31. The Balaban J connectivity index is 0.000000344. The Kier molecular flexibility index (Phi) is 10.1. The second-order valence-electron chi connectivity index (χ2n) is 4.92. The van der Waals surface area contributed by atoms with Crippen LogP contribution >= 0.6 is 18.8 Å². The average Bonchev–Trinajstić information content (AvgIpc) is 2.91. The van der Waals surface area contributed by atoms with Crippen LogP contribution in [0.25, 0.3) is 5.73 Å². The van der Waals surface area contributed by atoms with Crippen molar-refractivity contribution in [3.8, 4) is 0 Å². The number of carboxylic acids is 2. The van der Waals surface area contributed by atoms with Crippen molar-refractivity contribution < 1.29 is 36.3 Å². The van der Waals surface area contributed by atoms with E-state index < -0.39 is 28.4 Å². The second-order valence-corrected chi connectivity index (χ2v) is 8.21. The molecular formula is C12H19Cl2NO4Pt. The van der Waals surface area contributed by atoms with Gasteiger partial charge in [-0.3, -0.25) is 0 Å². The molecule has 2 aliphatic carbocycles. The molecule has 0 aromatic rings. The van der Waals surface area contributed by atoms with Crippen molar-refractivity contribution in [3.63, 3.8) is 0 Å². The van der Waals surface area contributed by atoms with Gasteiger partial charge in [-0.2, -0.15) is 5.92 Å². The zero-order valence-corrected chi connectivity index (χ0v) is 14.7. The van der Waals surface area contributed by atoms with Gasteiger partial charge in [0.1, 0.15) is 0 Å². The Morgan fingerprint density at radius 1 is 1.15 bits per heavy atom. The van der Waals surface area contributed by atoms with Crippen molar-refractivity contribution >= 4 is 30.8 Å². The van der Waals surface area contributed by atoms with Crippen LogP contribution in [0.2, 0.25) is 0 Å². The van der Waals surface area contributed by atoms with Crippen molar-refractivity contribution in [2.45, 2.75) is 44.6 Å². The number of hydrogen-bond donors (Lipinski definition) is 2. The van der Waals surface area contributed by atoms with Crippen LogP contribution in [-0.4, -0.2) is 28.2 Å². The van der Waals surface area contributed by atoms with E-state index in [1.807, 2.05) is 0 Å². The SMILES string of the molecule is O=C(O)C(=O)O.[CH2-][C@H]1CCC[C@]12CCC[C@@H]2[NH-].[Cl][Pt+2][Cl]. The van der Waals surface area contributed by atoms with Gasteiger partial charge in [-0.15, -0.1) is 6.04 Å². The molecule has 3 atom stereocenters. The molecule has 2 rings (SSSR count). The third-order valence-corrected chi connectivity index (χ3v) is 4.02. The summed E-state index contributed by atoms with van der Waals surface area (Å²) in [7, 11) is 9.75. The fourth-order valence-corrected chi connectivity index (χ4v) is 3.05. The van der Waals surface area contributed by atoms with Crippen LogP contribution in [0.15, 0.2) is 0 Å². The molecule has 0 bridgehead atoms. The third-order valence-electron chi connectivity index (χ3n) is 4.02. The summed E-state index contributed by atoms with van der Waals surface area (Å²) >= 11 is -0.472. The van der Waals surface area contributed by atoms with E-state index in [1.54, 1.807) is 0 Å². The number of halogens is 2. The van der Waals surface area contributed by atoms with Gasteiger partial charge in [-0.05, 0) is 0 Å². The predicted molar refractivity (Wildman–Crippen MR) is 74.1 cm³/mol. The van der Waals surface area contributed by atoms with E-state index in [-0.39, 0.29) is 6.04 Å². The zero-order chi connectivity index (χ0) is 15.8. The molecule has 2 fully saturated rings. The van der Waals surface area contributed by atoms with E-state index in [0.717, 1.165) is 6.42 Å². The standard InChI is InChI=1S/C10H17N.C2H2O4.2ClH.Pt/c1-8-4-2-6-10(8)7-3-5-9(10)11;3-1(4)2(5)6;;;/h8-9,11H,1-7H2;(H,3,4)(H,5,6);2*1H;/q-2;;;;+4/p-2/t8-,9-,10-;;;;/m0..../s1. The molecule has 8 heteroatoms. The summed E-state index contributed by atoms with van der Waals surface area (Å²) in [5, 5.41) is 14.8. The Morgan fingerprint density at radius 2 is 1.55 bits per heavy atom. The fraction of sp³-hybridized carbons (Fsp3) is 0.750. The molecule has 0 aromatic carbocycles. The summed E-state index contributed by atoms with van der Waals surface area (Å²) in [6, 6.07) is 0.215. The minimum atomic E-state index is -1.82. The van der Waals surface area contributed by atoms with Gasteiger partial charge in [0.15, 0.2) is 0 Å². The van der Waals surface area contributed by atoms with Gasteiger partial charge < -0.3 is 22.9 Å². The normalized spacial score (nSPS) is 31.2. The summed E-state index contributed by atoms with van der Waals surface area (Å²) < 4.78 is 0. The number of nitrogens with one attached hydrogen (secondary N) is 1. The molecule has 5 nitrogen and oxygen atoms in total. The van der Waals surface area contributed by atoms with E-state index >= 15 is 0 Å². The van der Waals surface area contributed by atoms with E-state index in [9.17, 15) is 0 Å². The molecule has 1 spiro atoms. The zero-order valence-electron chi connectivity index (χ0n) is 10.9. The van der Waals surface area contributed by atoms with Crippen LogP contribution in [0.3, 0.4) is 0 Å². The summed E-state index contributed by atoms with van der Waals surface area (Å²) in [4.78, 5) is 18.2. The topological polar surface area (TPSA) is 98.4 Å². The van der Waals surface area contributed by atoms with Crippen LogP contribution in [0.4, 0.5) is 0 Å². The summed E-state index contributed by atoms with van der Waals surface area (Å²) in [5.41, 5.74) is 8.33. The maximum absolute atomic E-state index is 9.10. The van der Waals surface area contributed by atoms with Crippen LogP contribution in [0, 0.1) is 18.3 Å². The quantitative estimate of drug-likeness (QED) is 0.386. The molecule has 0 unspecified atom stereocenters. The Labute approximate surface area is 135 Å². The molecule has 0 saturated heterocycles. The minimum absolute atomic E-state index is 0.215. The number of aliphatic carboxylic acids is 2. The molecule has 0 aliphatic heterocycles. The first kappa shape index (κ1) is 20.2. The van der Waals surface area contributed by atoms with Crippen molar-refractivity contribution in [2.24, 2.45) is 11.3 Å². The summed E-state index contributed by atoms with van der Waals surface area (Å²) in [6.45, 7) is 4.20. The van der Waals surface area contributed by atoms with Crippen LogP contribution < -0.4 is 0 Å².